The number of fused-ring (bicyclic) bond motifs is 1. The monoisotopic (exact) mass is 165 g/mol. The number of aromatic nitrogens is 2. The lowest BCUT2D eigenvalue weighted by atomic mass is 10.1. The van der Waals surface area contributed by atoms with Crippen molar-refractivity contribution in [3.05, 3.63) is 17.0 Å². The van der Waals surface area contributed by atoms with Crippen molar-refractivity contribution in [1.82, 2.24) is 9.89 Å². The van der Waals surface area contributed by atoms with Crippen LogP contribution in [0.1, 0.15) is 23.4 Å². The van der Waals surface area contributed by atoms with Gasteiger partial charge < -0.3 is 0 Å². The SMILES string of the molecule is Cc1nn2c(c1C)CCCN2C. The van der Waals surface area contributed by atoms with E-state index in [4.69, 9.17) is 0 Å². The standard InChI is InChI=1S/C9H15N3/c1-7-8(2)10-12-9(7)5-4-6-11(12)3/h4-6H2,1-3H3. The van der Waals surface area contributed by atoms with Gasteiger partial charge in [-0.25, -0.2) is 0 Å². The molecule has 0 unspecified atom stereocenters. The summed E-state index contributed by atoms with van der Waals surface area (Å²) in [7, 11) is 2.09. The molecular weight excluding hydrogens is 150 g/mol. The van der Waals surface area contributed by atoms with E-state index in [2.05, 4.69) is 31.0 Å². The number of hydrogen-bond acceptors (Lipinski definition) is 2. The Balaban J connectivity index is 2.52. The zero-order valence-electron chi connectivity index (χ0n) is 7.96. The van der Waals surface area contributed by atoms with Crippen molar-refractivity contribution in [2.45, 2.75) is 26.7 Å². The van der Waals surface area contributed by atoms with Crippen LogP contribution in [0.25, 0.3) is 0 Å². The molecule has 0 aliphatic carbocycles. The summed E-state index contributed by atoms with van der Waals surface area (Å²) in [4.78, 5) is 2.05. The molecule has 1 aliphatic heterocycles. The molecule has 1 aromatic heterocycles. The minimum Gasteiger partial charge on any atom is -0.300 e. The second-order valence-corrected chi connectivity index (χ2v) is 3.53. The highest BCUT2D eigenvalue weighted by Gasteiger charge is 2.17. The van der Waals surface area contributed by atoms with Crippen LogP contribution in [0.15, 0.2) is 0 Å². The molecule has 0 spiro atoms. The van der Waals surface area contributed by atoms with Gasteiger partial charge in [-0.2, -0.15) is 9.89 Å². The molecule has 3 nitrogen and oxygen atoms in total. The number of aryl methyl sites for hydroxylation is 1. The number of nitrogens with zero attached hydrogens (tertiary/aromatic N) is 3. The van der Waals surface area contributed by atoms with E-state index in [9.17, 15) is 0 Å². The zero-order chi connectivity index (χ0) is 8.72. The van der Waals surface area contributed by atoms with Crippen molar-refractivity contribution in [3.63, 3.8) is 0 Å². The first-order chi connectivity index (χ1) is 5.70. The van der Waals surface area contributed by atoms with Crippen molar-refractivity contribution in [2.75, 3.05) is 18.6 Å². The van der Waals surface area contributed by atoms with Crippen LogP contribution in [-0.4, -0.2) is 23.5 Å². The average Bonchev–Trinajstić information content (AvgIpc) is 2.32. The highest BCUT2D eigenvalue weighted by atomic mass is 15.7. The Morgan fingerprint density at radius 3 is 2.75 bits per heavy atom. The van der Waals surface area contributed by atoms with Crippen molar-refractivity contribution in [3.8, 4) is 0 Å². The van der Waals surface area contributed by atoms with Gasteiger partial charge >= 0.3 is 0 Å². The fraction of sp³-hybridized carbons (Fsp3) is 0.667. The lowest BCUT2D eigenvalue weighted by molar-refractivity contribution is 0.494. The summed E-state index contributed by atoms with van der Waals surface area (Å²) >= 11 is 0. The van der Waals surface area contributed by atoms with Crippen molar-refractivity contribution in [2.24, 2.45) is 0 Å². The summed E-state index contributed by atoms with van der Waals surface area (Å²) in [6.45, 7) is 5.36. The Kier molecular flexibility index (Phi) is 1.60. The number of hydrogen-bond donors (Lipinski definition) is 0. The minimum absolute atomic E-state index is 1.12. The predicted molar refractivity (Wildman–Crippen MR) is 49.0 cm³/mol. The summed E-state index contributed by atoms with van der Waals surface area (Å²) < 4.78 is 0. The smallest absolute Gasteiger partial charge is 0.0654 e. The van der Waals surface area contributed by atoms with E-state index in [0.717, 1.165) is 6.54 Å². The summed E-state index contributed by atoms with van der Waals surface area (Å²) in [6, 6.07) is 0. The van der Waals surface area contributed by atoms with E-state index in [1.807, 2.05) is 4.79 Å². The molecular formula is C9H15N3. The van der Waals surface area contributed by atoms with Gasteiger partial charge in [0.05, 0.1) is 11.4 Å². The maximum atomic E-state index is 4.47. The summed E-state index contributed by atoms with van der Waals surface area (Å²) in [5.74, 6) is 0. The lowest BCUT2D eigenvalue weighted by Crippen LogP contribution is -2.37. The van der Waals surface area contributed by atoms with Gasteiger partial charge in [0.15, 0.2) is 0 Å². The molecule has 0 amide bonds. The predicted octanol–water partition coefficient (Wildman–Crippen LogP) is 1.01. The van der Waals surface area contributed by atoms with Crippen molar-refractivity contribution >= 4 is 0 Å². The van der Waals surface area contributed by atoms with Crippen LogP contribution in [0.3, 0.4) is 0 Å². The normalized spacial score (nSPS) is 16.4. The van der Waals surface area contributed by atoms with Crippen LogP contribution >= 0.6 is 0 Å². The molecule has 0 saturated heterocycles. The Morgan fingerprint density at radius 2 is 2.08 bits per heavy atom. The van der Waals surface area contributed by atoms with E-state index in [1.165, 1.54) is 29.8 Å². The Labute approximate surface area is 73.0 Å². The maximum absolute atomic E-state index is 4.47. The first kappa shape index (κ1) is 7.65. The summed E-state index contributed by atoms with van der Waals surface area (Å²) in [6.07, 6.45) is 2.43. The van der Waals surface area contributed by atoms with Gasteiger partial charge in [0.1, 0.15) is 0 Å². The maximum Gasteiger partial charge on any atom is 0.0654 e. The van der Waals surface area contributed by atoms with Gasteiger partial charge in [-0.05, 0) is 32.3 Å². The molecule has 0 saturated carbocycles. The van der Waals surface area contributed by atoms with Crippen LogP contribution < -0.4 is 5.01 Å². The van der Waals surface area contributed by atoms with Gasteiger partial charge in [0.2, 0.25) is 0 Å². The first-order valence-corrected chi connectivity index (χ1v) is 4.46. The van der Waals surface area contributed by atoms with Gasteiger partial charge in [0.25, 0.3) is 0 Å². The molecule has 12 heavy (non-hydrogen) atoms. The van der Waals surface area contributed by atoms with Crippen LogP contribution in [0, 0.1) is 13.8 Å². The van der Waals surface area contributed by atoms with Gasteiger partial charge in [-0.1, -0.05) is 0 Å². The third-order valence-corrected chi connectivity index (χ3v) is 2.68. The molecule has 0 N–H and O–H groups in total. The molecule has 3 heteroatoms. The molecule has 66 valence electrons. The van der Waals surface area contributed by atoms with Gasteiger partial charge in [0, 0.05) is 13.6 Å². The van der Waals surface area contributed by atoms with E-state index >= 15 is 0 Å². The minimum atomic E-state index is 1.12. The highest BCUT2D eigenvalue weighted by molar-refractivity contribution is 5.26. The van der Waals surface area contributed by atoms with Crippen molar-refractivity contribution < 1.29 is 0 Å². The van der Waals surface area contributed by atoms with E-state index in [1.54, 1.807) is 0 Å². The Morgan fingerprint density at radius 1 is 1.33 bits per heavy atom. The molecule has 0 radical (unpaired) electrons. The van der Waals surface area contributed by atoms with Crippen molar-refractivity contribution in [1.29, 1.82) is 0 Å². The largest absolute Gasteiger partial charge is 0.300 e. The Hall–Kier alpha value is -0.990. The molecule has 1 aliphatic rings. The molecule has 0 aromatic carbocycles. The average molecular weight is 165 g/mol. The third-order valence-electron chi connectivity index (χ3n) is 2.68. The zero-order valence-corrected chi connectivity index (χ0v) is 7.96. The topological polar surface area (TPSA) is 21.1 Å². The first-order valence-electron chi connectivity index (χ1n) is 4.46. The second kappa shape index (κ2) is 2.51. The molecule has 0 fully saturated rings. The molecule has 2 heterocycles. The van der Waals surface area contributed by atoms with E-state index in [0.29, 0.717) is 0 Å². The molecule has 0 atom stereocenters. The van der Waals surface area contributed by atoms with E-state index < -0.39 is 0 Å². The summed E-state index contributed by atoms with van der Waals surface area (Å²) in [5, 5.41) is 6.65. The fourth-order valence-electron chi connectivity index (χ4n) is 1.78. The van der Waals surface area contributed by atoms with Gasteiger partial charge in [-0.15, -0.1) is 0 Å². The molecule has 2 rings (SSSR count). The number of rotatable bonds is 0. The lowest BCUT2D eigenvalue weighted by Gasteiger charge is -2.26. The van der Waals surface area contributed by atoms with Crippen LogP contribution in [0.4, 0.5) is 0 Å². The highest BCUT2D eigenvalue weighted by Crippen LogP contribution is 2.17. The summed E-state index contributed by atoms with van der Waals surface area (Å²) in [5.41, 5.74) is 3.92. The quantitative estimate of drug-likeness (QED) is 0.572. The van der Waals surface area contributed by atoms with Crippen LogP contribution in [0.5, 0.6) is 0 Å². The second-order valence-electron chi connectivity index (χ2n) is 3.53. The van der Waals surface area contributed by atoms with Crippen LogP contribution in [0.2, 0.25) is 0 Å². The Bertz CT molecular complexity index is 301. The third kappa shape index (κ3) is 0.924. The molecule has 0 bridgehead atoms. The fourth-order valence-corrected chi connectivity index (χ4v) is 1.78. The molecule has 1 aromatic rings. The van der Waals surface area contributed by atoms with Gasteiger partial charge in [-0.3, -0.25) is 5.01 Å². The van der Waals surface area contributed by atoms with E-state index in [-0.39, 0.29) is 0 Å². The van der Waals surface area contributed by atoms with Crippen LogP contribution in [-0.2, 0) is 6.42 Å².